The van der Waals surface area contributed by atoms with E-state index in [-0.39, 0.29) is 7.43 Å². The molecule has 4 fully saturated rings. The van der Waals surface area contributed by atoms with Crippen molar-refractivity contribution < 1.29 is 27.2 Å². The molecule has 4 unspecified atom stereocenters. The molecular formula is C29H31BClF4N10O2. The van der Waals surface area contributed by atoms with Crippen LogP contribution in [0, 0.1) is 23.7 Å². The maximum atomic E-state index is 13.2. The van der Waals surface area contributed by atoms with Gasteiger partial charge in [-0.25, -0.2) is 37.5 Å². The second kappa shape index (κ2) is 13.3. The molecule has 2 aliphatic carbocycles. The summed E-state index contributed by atoms with van der Waals surface area (Å²) < 4.78 is 57.1. The van der Waals surface area contributed by atoms with Crippen LogP contribution in [0.5, 0.6) is 5.75 Å². The Morgan fingerprint density at radius 2 is 1.26 bits per heavy atom. The number of fused-ring (bicyclic) bond motifs is 2. The van der Waals surface area contributed by atoms with Crippen molar-refractivity contribution in [2.24, 2.45) is 23.7 Å². The average molecular weight is 674 g/mol. The van der Waals surface area contributed by atoms with E-state index in [1.54, 1.807) is 24.5 Å². The van der Waals surface area contributed by atoms with E-state index in [4.69, 9.17) is 32.7 Å². The highest BCUT2D eigenvalue weighted by molar-refractivity contribution is 6.29. The molecule has 1 radical (unpaired) electrons. The molecule has 0 spiro atoms. The number of nitrogen functional groups attached to an aromatic ring is 2. The molecule has 18 heteroatoms. The highest BCUT2D eigenvalue weighted by Crippen LogP contribution is 2.60. The number of pyridine rings is 2. The lowest BCUT2D eigenvalue weighted by atomic mass is 10.2. The molecule has 8 rings (SSSR count). The Kier molecular flexibility index (Phi) is 9.59. The van der Waals surface area contributed by atoms with Crippen molar-refractivity contribution in [2.75, 3.05) is 47.4 Å². The zero-order valence-electron chi connectivity index (χ0n) is 24.0. The number of alkyl halides is 4. The van der Waals surface area contributed by atoms with Crippen LogP contribution >= 0.6 is 11.6 Å². The van der Waals surface area contributed by atoms with Crippen LogP contribution in [0.15, 0.2) is 61.4 Å². The zero-order valence-corrected chi connectivity index (χ0v) is 24.7. The van der Waals surface area contributed by atoms with Gasteiger partial charge in [0.1, 0.15) is 34.2 Å². The van der Waals surface area contributed by atoms with Crippen LogP contribution in [0.25, 0.3) is 11.3 Å². The highest BCUT2D eigenvalue weighted by atomic mass is 35.5. The van der Waals surface area contributed by atoms with Crippen LogP contribution in [0.3, 0.4) is 0 Å². The van der Waals surface area contributed by atoms with Gasteiger partial charge in [-0.15, -0.1) is 0 Å². The molecule has 6 heterocycles. The van der Waals surface area contributed by atoms with Crippen molar-refractivity contribution in [2.45, 2.75) is 19.3 Å². The van der Waals surface area contributed by atoms with E-state index in [0.717, 1.165) is 11.4 Å². The van der Waals surface area contributed by atoms with Crippen LogP contribution in [0.4, 0.5) is 40.8 Å². The van der Waals surface area contributed by atoms with E-state index in [9.17, 15) is 17.6 Å². The first kappa shape index (κ1) is 33.8. The number of nitrogens with two attached hydrogens (primary N) is 2. The fraction of sp³-hybridized carbons (Fsp3) is 0.379. The van der Waals surface area contributed by atoms with Gasteiger partial charge in [0, 0.05) is 37.9 Å². The highest BCUT2D eigenvalue weighted by Gasteiger charge is 2.72. The third kappa shape index (κ3) is 7.25. The summed E-state index contributed by atoms with van der Waals surface area (Å²) in [6, 6.07) is 7.01. The third-order valence-electron chi connectivity index (χ3n) is 8.28. The van der Waals surface area contributed by atoms with Gasteiger partial charge in [-0.05, 0) is 24.3 Å². The van der Waals surface area contributed by atoms with Gasteiger partial charge in [0.15, 0.2) is 0 Å². The lowest BCUT2D eigenvalue weighted by Crippen LogP contribution is -2.27. The largest absolute Gasteiger partial charge is 0.569 e. The van der Waals surface area contributed by atoms with Gasteiger partial charge in [0.05, 0.1) is 60.3 Å². The molecule has 47 heavy (non-hydrogen) atoms. The molecule has 5 N–H and O–H groups in total. The standard InChI is InChI=1S/C14H13F2N5.C10H10BF2N2O2.C4H4ClN3.CH4/c15-14(16)9-6-21(7-10(9)14)13-2-1-8(3-19-13)11-4-18-5-12(17)20-11;12-10(13)7-4-15(5-8(7)10)9-2-1-6(3-14-9)17-11-16;5-3-1-7-2-4(6)8-3;/h1-5,9-10H,6-7H2,(H2,17,20);1-3,7-8,16H,4-5H2;1-2H,(H2,6,8);1H4. The predicted octanol–water partition coefficient (Wildman–Crippen LogP) is 3.86. The quantitative estimate of drug-likeness (QED) is 0.207. The van der Waals surface area contributed by atoms with Gasteiger partial charge >= 0.3 is 7.69 Å². The Hall–Kier alpha value is -4.51. The first-order chi connectivity index (χ1) is 22.0. The summed E-state index contributed by atoms with van der Waals surface area (Å²) >= 11 is 5.39. The number of piperidine rings is 2. The van der Waals surface area contributed by atoms with E-state index in [2.05, 4.69) is 29.9 Å². The maximum Gasteiger partial charge on any atom is 0.569 e. The minimum absolute atomic E-state index is 0. The van der Waals surface area contributed by atoms with Crippen LogP contribution in [-0.2, 0) is 0 Å². The first-order valence-electron chi connectivity index (χ1n) is 14.1. The van der Waals surface area contributed by atoms with Crippen molar-refractivity contribution in [1.29, 1.82) is 0 Å². The van der Waals surface area contributed by atoms with Crippen molar-refractivity contribution in [1.82, 2.24) is 29.9 Å². The topological polar surface area (TPSA) is 165 Å². The number of rotatable bonds is 5. The van der Waals surface area contributed by atoms with Gasteiger partial charge in [0.2, 0.25) is 0 Å². The minimum Gasteiger partial charge on any atom is -0.536 e. The number of hydrogen-bond donors (Lipinski definition) is 3. The van der Waals surface area contributed by atoms with Gasteiger partial charge in [-0.1, -0.05) is 19.0 Å². The van der Waals surface area contributed by atoms with Gasteiger partial charge in [-0.2, -0.15) is 0 Å². The summed E-state index contributed by atoms with van der Waals surface area (Å²) in [5, 5.41) is 8.75. The SMILES string of the molecule is C.Nc1cncc(-c2ccc(N3CC4C(C3)C4(F)F)nc2)n1.Nc1cncc(Cl)n1.O[B]Oc1ccc(N2CC3C(C2)C3(F)F)nc1. The number of nitrogens with zero attached hydrogens (tertiary/aromatic N) is 8. The first-order valence-corrected chi connectivity index (χ1v) is 14.5. The van der Waals surface area contributed by atoms with E-state index in [0.29, 0.717) is 67.9 Å². The molecule has 0 amide bonds. The molecule has 2 saturated heterocycles. The number of hydrogen-bond acceptors (Lipinski definition) is 12. The monoisotopic (exact) mass is 673 g/mol. The van der Waals surface area contributed by atoms with Crippen LogP contribution in [0.1, 0.15) is 7.43 Å². The van der Waals surface area contributed by atoms with Crippen LogP contribution in [-0.4, -0.2) is 80.6 Å². The Morgan fingerprint density at radius 3 is 1.66 bits per heavy atom. The maximum absolute atomic E-state index is 13.2. The summed E-state index contributed by atoms with van der Waals surface area (Å²) in [5.41, 5.74) is 12.2. The van der Waals surface area contributed by atoms with Crippen LogP contribution < -0.4 is 25.9 Å². The molecule has 247 valence electrons. The van der Waals surface area contributed by atoms with E-state index in [1.165, 1.54) is 24.8 Å². The second-order valence-electron chi connectivity index (χ2n) is 11.2. The molecule has 4 aromatic rings. The smallest absolute Gasteiger partial charge is 0.536 e. The summed E-state index contributed by atoms with van der Waals surface area (Å²) in [6.07, 6.45) is 9.06. The lowest BCUT2D eigenvalue weighted by Gasteiger charge is -2.20. The molecule has 4 atom stereocenters. The van der Waals surface area contributed by atoms with E-state index < -0.39 is 35.5 Å². The molecule has 4 aromatic heterocycles. The van der Waals surface area contributed by atoms with Crippen LogP contribution in [0.2, 0.25) is 5.15 Å². The molecular weight excluding hydrogens is 643 g/mol. The number of halogens is 5. The second-order valence-corrected chi connectivity index (χ2v) is 11.5. The molecule has 2 aliphatic heterocycles. The Bertz CT molecular complexity index is 1630. The Morgan fingerprint density at radius 1 is 0.745 bits per heavy atom. The van der Waals surface area contributed by atoms with Gasteiger partial charge in [-0.3, -0.25) is 9.97 Å². The van der Waals surface area contributed by atoms with Gasteiger partial charge in [0.25, 0.3) is 11.8 Å². The molecule has 2 saturated carbocycles. The Balaban J connectivity index is 0.000000150. The van der Waals surface area contributed by atoms with Crippen molar-refractivity contribution in [3.8, 4) is 17.0 Å². The van der Waals surface area contributed by atoms with E-state index in [1.807, 2.05) is 21.9 Å². The van der Waals surface area contributed by atoms with Crippen molar-refractivity contribution in [3.63, 3.8) is 0 Å². The molecule has 12 nitrogen and oxygen atoms in total. The third-order valence-corrected chi connectivity index (χ3v) is 8.46. The molecule has 4 aliphatic rings. The fourth-order valence-electron chi connectivity index (χ4n) is 5.68. The Labute approximate surface area is 273 Å². The average Bonchev–Trinajstić information content (AvgIpc) is 3.49. The summed E-state index contributed by atoms with van der Waals surface area (Å²) in [7, 11) is 0.572. The summed E-state index contributed by atoms with van der Waals surface area (Å²) in [5.74, 6) is -4.47. The van der Waals surface area contributed by atoms with Crippen molar-refractivity contribution in [3.05, 3.63) is 66.6 Å². The van der Waals surface area contributed by atoms with Gasteiger partial charge < -0.3 is 30.9 Å². The van der Waals surface area contributed by atoms with Crippen molar-refractivity contribution >= 4 is 42.6 Å². The minimum atomic E-state index is -2.47. The normalized spacial score (nSPS) is 23.4. The zero-order chi connectivity index (χ0) is 32.6. The number of anilines is 4. The predicted molar refractivity (Wildman–Crippen MR) is 169 cm³/mol. The lowest BCUT2D eigenvalue weighted by molar-refractivity contribution is 0.0791. The molecule has 0 aromatic carbocycles. The molecule has 0 bridgehead atoms. The summed E-state index contributed by atoms with van der Waals surface area (Å²) in [6.45, 7) is 1.47. The number of aromatic nitrogens is 6. The van der Waals surface area contributed by atoms with E-state index >= 15 is 0 Å². The fourth-order valence-corrected chi connectivity index (χ4v) is 5.83. The summed E-state index contributed by atoms with van der Waals surface area (Å²) in [4.78, 5) is 27.7.